The molecule has 2 aliphatic heterocycles. The average Bonchev–Trinajstić information content (AvgIpc) is 3.20. The molecule has 0 atom stereocenters. The number of hydrogen-bond acceptors (Lipinski definition) is 5. The molecular weight excluding hydrogens is 368 g/mol. The fourth-order valence-corrected chi connectivity index (χ4v) is 3.98. The molecule has 0 radical (unpaired) electrons. The molecule has 1 amide bonds. The Hall–Kier alpha value is -1.86. The lowest BCUT2D eigenvalue weighted by atomic mass is 9.93. The summed E-state index contributed by atoms with van der Waals surface area (Å²) < 4.78 is 0. The quantitative estimate of drug-likeness (QED) is 0.590. The largest absolute Gasteiger partial charge is 0.366 e. The minimum absolute atomic E-state index is 0. The maximum absolute atomic E-state index is 12.8. The summed E-state index contributed by atoms with van der Waals surface area (Å²) in [6.07, 6.45) is 5.25. The number of piperidine rings is 1. The number of nitro benzene ring substituents is 1. The topological polar surface area (TPSA) is 78.7 Å². The predicted octanol–water partition coefficient (Wildman–Crippen LogP) is 3.08. The highest BCUT2D eigenvalue weighted by atomic mass is 35.5. The van der Waals surface area contributed by atoms with Gasteiger partial charge in [0.25, 0.3) is 11.6 Å². The van der Waals surface area contributed by atoms with Crippen LogP contribution in [-0.4, -0.2) is 55.5 Å². The Labute approximate surface area is 166 Å². The van der Waals surface area contributed by atoms with E-state index in [9.17, 15) is 14.9 Å². The number of likely N-dealkylation sites (tertiary alicyclic amines) is 1. The van der Waals surface area contributed by atoms with E-state index >= 15 is 0 Å². The molecule has 2 saturated heterocycles. The first-order chi connectivity index (χ1) is 12.6. The maximum Gasteiger partial charge on any atom is 0.293 e. The van der Waals surface area contributed by atoms with Crippen LogP contribution in [0.4, 0.5) is 11.4 Å². The van der Waals surface area contributed by atoms with Gasteiger partial charge in [-0.1, -0.05) is 0 Å². The molecule has 0 aromatic heterocycles. The van der Waals surface area contributed by atoms with Gasteiger partial charge in [0.15, 0.2) is 0 Å². The van der Waals surface area contributed by atoms with E-state index in [1.165, 1.54) is 6.07 Å². The second kappa shape index (κ2) is 9.90. The smallest absolute Gasteiger partial charge is 0.293 e. The van der Waals surface area contributed by atoms with Crippen LogP contribution in [0.3, 0.4) is 0 Å². The summed E-state index contributed by atoms with van der Waals surface area (Å²) in [7, 11) is 1.96. The lowest BCUT2D eigenvalue weighted by Crippen LogP contribution is -2.39. The molecule has 1 aromatic carbocycles. The number of benzene rings is 1. The molecule has 3 rings (SSSR count). The first-order valence-electron chi connectivity index (χ1n) is 9.57. The first-order valence-corrected chi connectivity index (χ1v) is 9.57. The van der Waals surface area contributed by atoms with Crippen LogP contribution in [0.1, 0.15) is 42.5 Å². The van der Waals surface area contributed by atoms with E-state index < -0.39 is 0 Å². The molecule has 1 aromatic rings. The lowest BCUT2D eigenvalue weighted by molar-refractivity contribution is -0.384. The van der Waals surface area contributed by atoms with Crippen LogP contribution in [0, 0.1) is 16.0 Å². The van der Waals surface area contributed by atoms with Gasteiger partial charge in [0.2, 0.25) is 0 Å². The maximum atomic E-state index is 12.8. The van der Waals surface area contributed by atoms with Crippen molar-refractivity contribution in [2.45, 2.75) is 32.1 Å². The van der Waals surface area contributed by atoms with E-state index in [1.807, 2.05) is 16.8 Å². The zero-order valence-corrected chi connectivity index (χ0v) is 16.7. The highest BCUT2D eigenvalue weighted by Gasteiger charge is 2.27. The number of anilines is 1. The molecule has 7 nitrogen and oxygen atoms in total. The SMILES string of the molecule is CNCCC1CCN(C(=O)c2ccc(N3CCCC3)c([N+](=O)[O-])c2)CC1.Cl. The van der Waals surface area contributed by atoms with Gasteiger partial charge in [-0.05, 0) is 63.7 Å². The molecule has 1 N–H and O–H groups in total. The molecule has 0 aliphatic carbocycles. The van der Waals surface area contributed by atoms with Crippen molar-refractivity contribution in [3.63, 3.8) is 0 Å². The summed E-state index contributed by atoms with van der Waals surface area (Å²) in [4.78, 5) is 27.8. The Bertz CT molecular complexity index is 656. The highest BCUT2D eigenvalue weighted by Crippen LogP contribution is 2.32. The number of halogens is 1. The molecule has 0 bridgehead atoms. The summed E-state index contributed by atoms with van der Waals surface area (Å²) in [6.45, 7) is 4.15. The average molecular weight is 397 g/mol. The Morgan fingerprint density at radius 2 is 1.89 bits per heavy atom. The van der Waals surface area contributed by atoms with Crippen LogP contribution < -0.4 is 10.2 Å². The predicted molar refractivity (Wildman–Crippen MR) is 109 cm³/mol. The molecule has 2 aliphatic rings. The normalized spacial score (nSPS) is 17.7. The fourth-order valence-electron chi connectivity index (χ4n) is 3.98. The van der Waals surface area contributed by atoms with Crippen molar-refractivity contribution in [3.05, 3.63) is 33.9 Å². The molecule has 2 fully saturated rings. The minimum Gasteiger partial charge on any atom is -0.366 e. The molecule has 0 saturated carbocycles. The molecule has 8 heteroatoms. The summed E-state index contributed by atoms with van der Waals surface area (Å²) in [6, 6.07) is 4.95. The fraction of sp³-hybridized carbons (Fsp3) is 0.632. The summed E-state index contributed by atoms with van der Waals surface area (Å²) in [5.74, 6) is 0.562. The zero-order valence-electron chi connectivity index (χ0n) is 15.9. The van der Waals surface area contributed by atoms with Crippen molar-refractivity contribution in [2.75, 3.05) is 44.7 Å². The van der Waals surface area contributed by atoms with Crippen molar-refractivity contribution in [1.82, 2.24) is 10.2 Å². The minimum atomic E-state index is -0.367. The monoisotopic (exact) mass is 396 g/mol. The standard InChI is InChI=1S/C19H28N4O3.ClH/c1-20-9-6-15-7-12-22(13-8-15)19(24)16-4-5-17(18(14-16)23(25)26)21-10-2-3-11-21;/h4-5,14-15,20H,2-3,6-13H2,1H3;1H. The number of nitrogens with zero attached hydrogens (tertiary/aromatic N) is 3. The number of carbonyl (C=O) groups excluding carboxylic acids is 1. The molecule has 0 spiro atoms. The van der Waals surface area contributed by atoms with Crippen LogP contribution in [-0.2, 0) is 0 Å². The van der Waals surface area contributed by atoms with Gasteiger partial charge in [-0.25, -0.2) is 0 Å². The van der Waals surface area contributed by atoms with Gasteiger partial charge in [-0.15, -0.1) is 12.4 Å². The Morgan fingerprint density at radius 1 is 1.22 bits per heavy atom. The van der Waals surface area contributed by atoms with Crippen molar-refractivity contribution < 1.29 is 9.72 Å². The van der Waals surface area contributed by atoms with E-state index in [1.54, 1.807) is 12.1 Å². The zero-order chi connectivity index (χ0) is 18.5. The summed E-state index contributed by atoms with van der Waals surface area (Å²) >= 11 is 0. The summed E-state index contributed by atoms with van der Waals surface area (Å²) in [5, 5.41) is 14.7. The van der Waals surface area contributed by atoms with Gasteiger partial charge in [-0.2, -0.15) is 0 Å². The van der Waals surface area contributed by atoms with E-state index in [0.29, 0.717) is 17.2 Å². The molecule has 2 heterocycles. The van der Waals surface area contributed by atoms with Crippen LogP contribution in [0.2, 0.25) is 0 Å². The van der Waals surface area contributed by atoms with E-state index in [4.69, 9.17) is 0 Å². The van der Waals surface area contributed by atoms with Gasteiger partial charge < -0.3 is 15.1 Å². The van der Waals surface area contributed by atoms with E-state index in [0.717, 1.165) is 64.8 Å². The Morgan fingerprint density at radius 3 is 2.48 bits per heavy atom. The van der Waals surface area contributed by atoms with Crippen LogP contribution in [0.15, 0.2) is 18.2 Å². The number of nitro groups is 1. The summed E-state index contributed by atoms with van der Waals surface area (Å²) in [5.41, 5.74) is 1.10. The number of nitrogens with one attached hydrogen (secondary N) is 1. The second-order valence-electron chi connectivity index (χ2n) is 7.28. The van der Waals surface area contributed by atoms with Crippen molar-refractivity contribution in [3.8, 4) is 0 Å². The number of carbonyl (C=O) groups is 1. The number of rotatable bonds is 6. The van der Waals surface area contributed by atoms with Crippen LogP contribution >= 0.6 is 12.4 Å². The van der Waals surface area contributed by atoms with E-state index in [-0.39, 0.29) is 28.9 Å². The molecule has 0 unspecified atom stereocenters. The van der Waals surface area contributed by atoms with Gasteiger partial charge in [-0.3, -0.25) is 14.9 Å². The molecular formula is C19H29ClN4O3. The van der Waals surface area contributed by atoms with Crippen molar-refractivity contribution in [2.24, 2.45) is 5.92 Å². The van der Waals surface area contributed by atoms with Crippen molar-refractivity contribution in [1.29, 1.82) is 0 Å². The van der Waals surface area contributed by atoms with Gasteiger partial charge in [0.05, 0.1) is 4.92 Å². The van der Waals surface area contributed by atoms with Gasteiger partial charge in [0.1, 0.15) is 5.69 Å². The highest BCUT2D eigenvalue weighted by molar-refractivity contribution is 5.96. The lowest BCUT2D eigenvalue weighted by Gasteiger charge is -2.32. The first kappa shape index (κ1) is 21.4. The third-order valence-corrected chi connectivity index (χ3v) is 5.57. The van der Waals surface area contributed by atoms with E-state index in [2.05, 4.69) is 5.32 Å². The number of hydrogen-bond donors (Lipinski definition) is 1. The molecule has 27 heavy (non-hydrogen) atoms. The van der Waals surface area contributed by atoms with Gasteiger partial charge >= 0.3 is 0 Å². The third kappa shape index (κ3) is 5.11. The van der Waals surface area contributed by atoms with Crippen LogP contribution in [0.5, 0.6) is 0 Å². The van der Waals surface area contributed by atoms with Crippen molar-refractivity contribution >= 4 is 29.7 Å². The second-order valence-corrected chi connectivity index (χ2v) is 7.28. The van der Waals surface area contributed by atoms with Gasteiger partial charge in [0, 0.05) is 37.8 Å². The molecule has 150 valence electrons. The van der Waals surface area contributed by atoms with Crippen LogP contribution in [0.25, 0.3) is 0 Å². The third-order valence-electron chi connectivity index (χ3n) is 5.57. The Kier molecular flexibility index (Phi) is 7.86. The number of amides is 1. The Balaban J connectivity index is 0.00000261.